The van der Waals surface area contributed by atoms with Crippen LogP contribution in [0.2, 0.25) is 0 Å². The van der Waals surface area contributed by atoms with E-state index in [0.717, 1.165) is 31.9 Å². The van der Waals surface area contributed by atoms with Crippen molar-refractivity contribution in [3.05, 3.63) is 29.6 Å². The minimum atomic E-state index is -0.343. The zero-order valence-electron chi connectivity index (χ0n) is 11.6. The molecule has 1 fully saturated rings. The number of nitrogens with two attached hydrogens (primary N) is 1. The van der Waals surface area contributed by atoms with Gasteiger partial charge in [-0.3, -0.25) is 4.90 Å². The van der Waals surface area contributed by atoms with E-state index in [1.54, 1.807) is 6.07 Å². The number of benzene rings is 1. The van der Waals surface area contributed by atoms with Crippen LogP contribution < -0.4 is 11.1 Å². The van der Waals surface area contributed by atoms with Gasteiger partial charge in [0.1, 0.15) is 10.8 Å². The number of ether oxygens (including phenoxy) is 1. The zero-order valence-corrected chi connectivity index (χ0v) is 12.4. The number of likely N-dealkylation sites (N-methyl/N-ethyl adjacent to an activating group) is 1. The molecule has 0 amide bonds. The van der Waals surface area contributed by atoms with E-state index in [1.807, 2.05) is 0 Å². The summed E-state index contributed by atoms with van der Waals surface area (Å²) in [5.74, 6) is -0.343. The Balaban J connectivity index is 1.98. The lowest BCUT2D eigenvalue weighted by atomic mass is 10.1. The highest BCUT2D eigenvalue weighted by atomic mass is 32.1. The summed E-state index contributed by atoms with van der Waals surface area (Å²) in [5, 5.41) is 3.25. The fourth-order valence-electron chi connectivity index (χ4n) is 2.29. The SMILES string of the molecule is CCN1CCOC(CNc2ccc(F)cc2C(N)=S)C1. The van der Waals surface area contributed by atoms with Crippen LogP contribution in [0.1, 0.15) is 12.5 Å². The maximum Gasteiger partial charge on any atom is 0.124 e. The number of nitrogens with one attached hydrogen (secondary N) is 1. The van der Waals surface area contributed by atoms with E-state index in [2.05, 4.69) is 17.1 Å². The molecule has 1 heterocycles. The van der Waals surface area contributed by atoms with Crippen molar-refractivity contribution in [3.8, 4) is 0 Å². The molecule has 6 heteroatoms. The molecule has 0 radical (unpaired) electrons. The van der Waals surface area contributed by atoms with Crippen LogP contribution in [0.3, 0.4) is 0 Å². The second-order valence-corrected chi connectivity index (χ2v) is 5.26. The minimum Gasteiger partial charge on any atom is -0.389 e. The standard InChI is InChI=1S/C14H20FN3OS/c1-2-18-5-6-19-11(9-18)8-17-13-4-3-10(15)7-12(13)14(16)20/h3-4,7,11,17H,2,5-6,8-9H2,1H3,(H2,16,20). The third-order valence-corrected chi connectivity index (χ3v) is 3.66. The molecular formula is C14H20FN3OS. The molecular weight excluding hydrogens is 277 g/mol. The van der Waals surface area contributed by atoms with Gasteiger partial charge in [-0.25, -0.2) is 4.39 Å². The van der Waals surface area contributed by atoms with Gasteiger partial charge in [-0.1, -0.05) is 19.1 Å². The van der Waals surface area contributed by atoms with Gasteiger partial charge < -0.3 is 15.8 Å². The van der Waals surface area contributed by atoms with Gasteiger partial charge in [0, 0.05) is 30.9 Å². The first kappa shape index (κ1) is 15.2. The largest absolute Gasteiger partial charge is 0.389 e. The molecule has 1 atom stereocenters. The summed E-state index contributed by atoms with van der Waals surface area (Å²) >= 11 is 4.95. The average molecular weight is 297 g/mol. The quantitative estimate of drug-likeness (QED) is 0.808. The van der Waals surface area contributed by atoms with E-state index >= 15 is 0 Å². The number of hydrogen-bond donors (Lipinski definition) is 2. The molecule has 1 aromatic carbocycles. The molecule has 0 bridgehead atoms. The number of thiocarbonyl (C=S) groups is 1. The Morgan fingerprint density at radius 3 is 3.10 bits per heavy atom. The zero-order chi connectivity index (χ0) is 14.5. The molecule has 0 saturated carbocycles. The molecule has 0 spiro atoms. The predicted octanol–water partition coefficient (Wildman–Crippen LogP) is 1.59. The van der Waals surface area contributed by atoms with Gasteiger partial charge in [0.2, 0.25) is 0 Å². The van der Waals surface area contributed by atoms with Gasteiger partial charge in [0.25, 0.3) is 0 Å². The number of nitrogens with zero attached hydrogens (tertiary/aromatic N) is 1. The molecule has 2 rings (SSSR count). The van der Waals surface area contributed by atoms with Crippen LogP contribution in [-0.2, 0) is 4.74 Å². The minimum absolute atomic E-state index is 0.118. The Kier molecular flexibility index (Phi) is 5.28. The normalized spacial score (nSPS) is 19.8. The van der Waals surface area contributed by atoms with E-state index in [0.29, 0.717) is 12.1 Å². The fourth-order valence-corrected chi connectivity index (χ4v) is 2.46. The lowest BCUT2D eigenvalue weighted by Gasteiger charge is -2.32. The van der Waals surface area contributed by atoms with Crippen LogP contribution in [0.25, 0.3) is 0 Å². The molecule has 1 saturated heterocycles. The Morgan fingerprint density at radius 1 is 1.60 bits per heavy atom. The molecule has 20 heavy (non-hydrogen) atoms. The Morgan fingerprint density at radius 2 is 2.40 bits per heavy atom. The number of hydrogen-bond acceptors (Lipinski definition) is 4. The van der Waals surface area contributed by atoms with Crippen molar-refractivity contribution >= 4 is 22.9 Å². The van der Waals surface area contributed by atoms with Crippen molar-refractivity contribution < 1.29 is 9.13 Å². The van der Waals surface area contributed by atoms with E-state index in [9.17, 15) is 4.39 Å². The van der Waals surface area contributed by atoms with Crippen molar-refractivity contribution in [1.82, 2.24) is 4.90 Å². The van der Waals surface area contributed by atoms with Gasteiger partial charge >= 0.3 is 0 Å². The summed E-state index contributed by atoms with van der Waals surface area (Å²) < 4.78 is 18.9. The van der Waals surface area contributed by atoms with Gasteiger partial charge in [-0.15, -0.1) is 0 Å². The summed E-state index contributed by atoms with van der Waals surface area (Å²) in [6, 6.07) is 4.40. The van der Waals surface area contributed by atoms with Crippen LogP contribution >= 0.6 is 12.2 Å². The van der Waals surface area contributed by atoms with Crippen molar-refractivity contribution in [2.45, 2.75) is 13.0 Å². The smallest absolute Gasteiger partial charge is 0.124 e. The molecule has 1 aromatic rings. The Labute approximate surface area is 124 Å². The third-order valence-electron chi connectivity index (χ3n) is 3.44. The first-order valence-corrected chi connectivity index (χ1v) is 7.18. The fraction of sp³-hybridized carbons (Fsp3) is 0.500. The highest BCUT2D eigenvalue weighted by Gasteiger charge is 2.19. The van der Waals surface area contributed by atoms with Crippen molar-refractivity contribution in [1.29, 1.82) is 0 Å². The lowest BCUT2D eigenvalue weighted by Crippen LogP contribution is -2.45. The molecule has 110 valence electrons. The van der Waals surface area contributed by atoms with Crippen LogP contribution in [0.4, 0.5) is 10.1 Å². The van der Waals surface area contributed by atoms with Crippen LogP contribution in [0, 0.1) is 5.82 Å². The summed E-state index contributed by atoms with van der Waals surface area (Å²) in [4.78, 5) is 2.53. The van der Waals surface area contributed by atoms with Crippen LogP contribution in [0.5, 0.6) is 0 Å². The number of anilines is 1. The van der Waals surface area contributed by atoms with Crippen molar-refractivity contribution in [2.24, 2.45) is 5.73 Å². The molecule has 1 unspecified atom stereocenters. The van der Waals surface area contributed by atoms with Gasteiger partial charge in [0.15, 0.2) is 0 Å². The molecule has 3 N–H and O–H groups in total. The molecule has 1 aliphatic rings. The maximum atomic E-state index is 13.2. The second kappa shape index (κ2) is 6.97. The summed E-state index contributed by atoms with van der Waals surface area (Å²) in [6.45, 7) is 6.42. The number of halogens is 1. The Hall–Kier alpha value is -1.24. The van der Waals surface area contributed by atoms with Gasteiger partial charge in [0.05, 0.1) is 12.7 Å². The number of rotatable bonds is 5. The predicted molar refractivity (Wildman–Crippen MR) is 82.6 cm³/mol. The molecule has 0 aromatic heterocycles. The topological polar surface area (TPSA) is 50.5 Å². The van der Waals surface area contributed by atoms with E-state index in [1.165, 1.54) is 12.1 Å². The van der Waals surface area contributed by atoms with Crippen molar-refractivity contribution in [3.63, 3.8) is 0 Å². The maximum absolute atomic E-state index is 13.2. The van der Waals surface area contributed by atoms with Gasteiger partial charge in [-0.05, 0) is 24.7 Å². The molecule has 1 aliphatic heterocycles. The molecule has 4 nitrogen and oxygen atoms in total. The van der Waals surface area contributed by atoms with E-state index in [-0.39, 0.29) is 16.9 Å². The first-order chi connectivity index (χ1) is 9.60. The van der Waals surface area contributed by atoms with E-state index < -0.39 is 0 Å². The highest BCUT2D eigenvalue weighted by molar-refractivity contribution is 7.80. The van der Waals surface area contributed by atoms with Crippen LogP contribution in [0.15, 0.2) is 18.2 Å². The Bertz CT molecular complexity index is 483. The van der Waals surface area contributed by atoms with Crippen LogP contribution in [-0.4, -0.2) is 48.8 Å². The summed E-state index contributed by atoms with van der Waals surface area (Å²) in [6.07, 6.45) is 0.118. The number of morpholine rings is 1. The first-order valence-electron chi connectivity index (χ1n) is 6.77. The van der Waals surface area contributed by atoms with Gasteiger partial charge in [-0.2, -0.15) is 0 Å². The average Bonchev–Trinajstić information content (AvgIpc) is 2.46. The van der Waals surface area contributed by atoms with Crippen molar-refractivity contribution in [2.75, 3.05) is 38.1 Å². The summed E-state index contributed by atoms with van der Waals surface area (Å²) in [5.41, 5.74) is 6.90. The lowest BCUT2D eigenvalue weighted by molar-refractivity contribution is -0.0191. The molecule has 0 aliphatic carbocycles. The second-order valence-electron chi connectivity index (χ2n) is 4.82. The third kappa shape index (κ3) is 3.88. The highest BCUT2D eigenvalue weighted by Crippen LogP contribution is 2.17. The van der Waals surface area contributed by atoms with E-state index in [4.69, 9.17) is 22.7 Å². The monoisotopic (exact) mass is 297 g/mol. The summed E-state index contributed by atoms with van der Waals surface area (Å²) in [7, 11) is 0.